The summed E-state index contributed by atoms with van der Waals surface area (Å²) in [5.74, 6) is -1.20. The van der Waals surface area contributed by atoms with E-state index in [1.165, 1.54) is 12.1 Å². The molecular formula is C13H12N2O4S. The average molecular weight is 292 g/mol. The Morgan fingerprint density at radius 3 is 2.75 bits per heavy atom. The Labute approximate surface area is 118 Å². The molecule has 7 heteroatoms. The predicted molar refractivity (Wildman–Crippen MR) is 76.4 cm³/mol. The van der Waals surface area contributed by atoms with Crippen LogP contribution in [0.2, 0.25) is 0 Å². The Morgan fingerprint density at radius 2 is 2.20 bits per heavy atom. The van der Waals surface area contributed by atoms with Crippen molar-refractivity contribution in [3.63, 3.8) is 0 Å². The summed E-state index contributed by atoms with van der Waals surface area (Å²) in [6.07, 6.45) is 0. The number of thiophene rings is 1. The maximum absolute atomic E-state index is 11.2. The van der Waals surface area contributed by atoms with E-state index < -0.39 is 10.9 Å². The van der Waals surface area contributed by atoms with Crippen molar-refractivity contribution in [2.24, 2.45) is 0 Å². The third-order valence-corrected chi connectivity index (χ3v) is 3.56. The first-order chi connectivity index (χ1) is 9.49. The molecule has 1 unspecified atom stereocenters. The first kappa shape index (κ1) is 14.0. The number of carboxylic acids is 1. The molecule has 0 radical (unpaired) electrons. The fourth-order valence-corrected chi connectivity index (χ4v) is 2.54. The van der Waals surface area contributed by atoms with E-state index in [0.29, 0.717) is 5.69 Å². The van der Waals surface area contributed by atoms with E-state index in [4.69, 9.17) is 5.11 Å². The van der Waals surface area contributed by atoms with Gasteiger partial charge in [0.15, 0.2) is 0 Å². The summed E-state index contributed by atoms with van der Waals surface area (Å²) in [5, 5.41) is 26.8. The number of rotatable bonds is 5. The summed E-state index contributed by atoms with van der Waals surface area (Å²) in [6.45, 7) is 1.90. The van der Waals surface area contributed by atoms with Crippen LogP contribution in [0.5, 0.6) is 0 Å². The summed E-state index contributed by atoms with van der Waals surface area (Å²) in [4.78, 5) is 21.3. The Kier molecular flexibility index (Phi) is 3.99. The normalized spacial score (nSPS) is 11.8. The molecule has 1 aromatic heterocycles. The second kappa shape index (κ2) is 5.70. The van der Waals surface area contributed by atoms with Crippen LogP contribution < -0.4 is 5.32 Å². The lowest BCUT2D eigenvalue weighted by molar-refractivity contribution is -0.384. The Hall–Kier alpha value is -2.41. The van der Waals surface area contributed by atoms with Gasteiger partial charge in [0.05, 0.1) is 10.5 Å². The number of benzene rings is 1. The van der Waals surface area contributed by atoms with Gasteiger partial charge in [-0.2, -0.15) is 11.3 Å². The Bertz CT molecular complexity index is 640. The van der Waals surface area contributed by atoms with Crippen LogP contribution in [0.15, 0.2) is 35.0 Å². The number of non-ortho nitro benzene ring substituents is 1. The zero-order valence-electron chi connectivity index (χ0n) is 10.6. The van der Waals surface area contributed by atoms with Gasteiger partial charge in [-0.1, -0.05) is 0 Å². The zero-order valence-corrected chi connectivity index (χ0v) is 11.4. The van der Waals surface area contributed by atoms with Crippen molar-refractivity contribution >= 4 is 28.7 Å². The number of carbonyl (C=O) groups is 1. The van der Waals surface area contributed by atoms with Crippen molar-refractivity contribution in [2.75, 3.05) is 5.32 Å². The quantitative estimate of drug-likeness (QED) is 0.649. The summed E-state index contributed by atoms with van der Waals surface area (Å²) < 4.78 is 0. The van der Waals surface area contributed by atoms with Crippen LogP contribution in [-0.4, -0.2) is 16.0 Å². The molecular weight excluding hydrogens is 280 g/mol. The molecule has 0 saturated heterocycles. The second-order valence-corrected chi connectivity index (χ2v) is 4.99. The summed E-state index contributed by atoms with van der Waals surface area (Å²) in [5.41, 5.74) is 1.05. The molecule has 1 heterocycles. The largest absolute Gasteiger partial charge is 0.478 e. The Balaban J connectivity index is 2.31. The number of carboxylic acid groups (broad SMARTS) is 1. The van der Waals surface area contributed by atoms with Gasteiger partial charge in [0, 0.05) is 23.9 Å². The molecule has 2 N–H and O–H groups in total. The van der Waals surface area contributed by atoms with E-state index in [-0.39, 0.29) is 17.3 Å². The summed E-state index contributed by atoms with van der Waals surface area (Å²) in [6, 6.07) is 5.62. The van der Waals surface area contributed by atoms with Crippen LogP contribution in [0.25, 0.3) is 0 Å². The van der Waals surface area contributed by atoms with Crippen LogP contribution >= 0.6 is 11.3 Å². The molecule has 0 amide bonds. The number of hydrogen-bond acceptors (Lipinski definition) is 5. The van der Waals surface area contributed by atoms with Crippen LogP contribution in [0, 0.1) is 10.1 Å². The van der Waals surface area contributed by atoms with E-state index >= 15 is 0 Å². The SMILES string of the molecule is CC(Nc1ccc([N+](=O)[O-])cc1C(=O)O)c1ccsc1. The number of nitrogens with one attached hydrogen (secondary N) is 1. The van der Waals surface area contributed by atoms with Gasteiger partial charge in [-0.25, -0.2) is 4.79 Å². The fourth-order valence-electron chi connectivity index (χ4n) is 1.79. The second-order valence-electron chi connectivity index (χ2n) is 4.21. The lowest BCUT2D eigenvalue weighted by Crippen LogP contribution is -2.10. The molecule has 0 aliphatic rings. The first-order valence-corrected chi connectivity index (χ1v) is 6.73. The molecule has 0 fully saturated rings. The summed E-state index contributed by atoms with van der Waals surface area (Å²) >= 11 is 1.55. The van der Waals surface area contributed by atoms with Gasteiger partial charge in [-0.3, -0.25) is 10.1 Å². The van der Waals surface area contributed by atoms with Crippen molar-refractivity contribution in [3.8, 4) is 0 Å². The molecule has 2 rings (SSSR count). The molecule has 0 bridgehead atoms. The van der Waals surface area contributed by atoms with Gasteiger partial charge >= 0.3 is 5.97 Å². The average Bonchev–Trinajstić information content (AvgIpc) is 2.92. The highest BCUT2D eigenvalue weighted by molar-refractivity contribution is 7.07. The van der Waals surface area contributed by atoms with Gasteiger partial charge in [0.25, 0.3) is 5.69 Å². The van der Waals surface area contributed by atoms with Crippen molar-refractivity contribution in [3.05, 3.63) is 56.3 Å². The highest BCUT2D eigenvalue weighted by Crippen LogP contribution is 2.27. The van der Waals surface area contributed by atoms with Crippen LogP contribution in [0.3, 0.4) is 0 Å². The molecule has 0 spiro atoms. The van der Waals surface area contributed by atoms with Crippen LogP contribution in [0.1, 0.15) is 28.9 Å². The Morgan fingerprint density at radius 1 is 1.45 bits per heavy atom. The minimum atomic E-state index is -1.20. The van der Waals surface area contributed by atoms with Gasteiger partial charge in [-0.15, -0.1) is 0 Å². The van der Waals surface area contributed by atoms with Gasteiger partial charge < -0.3 is 10.4 Å². The molecule has 0 aliphatic heterocycles. The predicted octanol–water partition coefficient (Wildman–Crippen LogP) is 3.53. The highest BCUT2D eigenvalue weighted by atomic mass is 32.1. The molecule has 1 atom stereocenters. The minimum Gasteiger partial charge on any atom is -0.478 e. The third kappa shape index (κ3) is 2.94. The number of aromatic carboxylic acids is 1. The number of anilines is 1. The lowest BCUT2D eigenvalue weighted by Gasteiger charge is -2.15. The van der Waals surface area contributed by atoms with Gasteiger partial charge in [-0.05, 0) is 35.4 Å². The van der Waals surface area contributed by atoms with Crippen molar-refractivity contribution < 1.29 is 14.8 Å². The molecule has 1 aromatic carbocycles. The maximum Gasteiger partial charge on any atom is 0.338 e. The maximum atomic E-state index is 11.2. The summed E-state index contributed by atoms with van der Waals surface area (Å²) in [7, 11) is 0. The molecule has 0 saturated carbocycles. The van der Waals surface area contributed by atoms with E-state index in [1.807, 2.05) is 23.8 Å². The zero-order chi connectivity index (χ0) is 14.7. The molecule has 6 nitrogen and oxygen atoms in total. The van der Waals surface area contributed by atoms with Crippen molar-refractivity contribution in [2.45, 2.75) is 13.0 Å². The van der Waals surface area contributed by atoms with E-state index in [1.54, 1.807) is 11.3 Å². The molecule has 0 aliphatic carbocycles. The van der Waals surface area contributed by atoms with E-state index in [0.717, 1.165) is 11.6 Å². The minimum absolute atomic E-state index is 0.0826. The lowest BCUT2D eigenvalue weighted by atomic mass is 10.1. The first-order valence-electron chi connectivity index (χ1n) is 5.79. The van der Waals surface area contributed by atoms with Crippen molar-refractivity contribution in [1.29, 1.82) is 0 Å². The van der Waals surface area contributed by atoms with Crippen LogP contribution in [-0.2, 0) is 0 Å². The van der Waals surface area contributed by atoms with Gasteiger partial charge in [0.1, 0.15) is 0 Å². The number of nitro benzene ring substituents is 1. The van der Waals surface area contributed by atoms with Crippen molar-refractivity contribution in [1.82, 2.24) is 0 Å². The van der Waals surface area contributed by atoms with E-state index in [2.05, 4.69) is 5.32 Å². The topological polar surface area (TPSA) is 92.5 Å². The highest BCUT2D eigenvalue weighted by Gasteiger charge is 2.17. The fraction of sp³-hybridized carbons (Fsp3) is 0.154. The smallest absolute Gasteiger partial charge is 0.338 e. The standard InChI is InChI=1S/C13H12N2O4S/c1-8(9-4-5-20-7-9)14-12-3-2-10(15(18)19)6-11(12)13(16)17/h2-8,14H,1H3,(H,16,17). The molecule has 104 valence electrons. The number of nitro groups is 1. The number of hydrogen-bond donors (Lipinski definition) is 2. The molecule has 2 aromatic rings. The number of nitrogens with zero attached hydrogens (tertiary/aromatic N) is 1. The van der Waals surface area contributed by atoms with Gasteiger partial charge in [0.2, 0.25) is 0 Å². The van der Waals surface area contributed by atoms with E-state index in [9.17, 15) is 14.9 Å². The third-order valence-electron chi connectivity index (χ3n) is 2.86. The molecule has 20 heavy (non-hydrogen) atoms. The monoisotopic (exact) mass is 292 g/mol. The van der Waals surface area contributed by atoms with Crippen LogP contribution in [0.4, 0.5) is 11.4 Å².